The van der Waals surface area contributed by atoms with Crippen molar-refractivity contribution in [3.05, 3.63) is 95.7 Å². The number of nitrogens with zero attached hydrogens (tertiary/aromatic N) is 2. The molecule has 1 saturated heterocycles. The zero-order valence-electron chi connectivity index (χ0n) is 17.8. The highest BCUT2D eigenvalue weighted by atomic mass is 16.1. The first-order valence-corrected chi connectivity index (χ1v) is 11.0. The standard InChI is InChI=1S/C26H30N4O/c27-25-14-13-22(18-28-25)26(31)29-19-23-12-7-16-30(23)17-15-24(20-8-3-1-4-9-20)21-10-5-2-6-11-21/h1-6,8-11,13-14,18,23-24H,7,12,15-17,19H2,(H2,27,28)(H,29,31). The summed E-state index contributed by atoms with van der Waals surface area (Å²) in [5.74, 6) is 0.704. The van der Waals surface area contributed by atoms with Crippen LogP contribution in [0.1, 0.15) is 46.7 Å². The van der Waals surface area contributed by atoms with Crippen LogP contribution in [0.4, 0.5) is 5.82 Å². The molecule has 0 aliphatic carbocycles. The second-order valence-corrected chi connectivity index (χ2v) is 8.18. The van der Waals surface area contributed by atoms with E-state index in [0.29, 0.717) is 29.9 Å². The van der Waals surface area contributed by atoms with E-state index in [1.54, 1.807) is 12.1 Å². The third-order valence-corrected chi connectivity index (χ3v) is 6.15. The van der Waals surface area contributed by atoms with Crippen molar-refractivity contribution >= 4 is 11.7 Å². The molecule has 31 heavy (non-hydrogen) atoms. The summed E-state index contributed by atoms with van der Waals surface area (Å²) in [6, 6.07) is 25.2. The highest BCUT2D eigenvalue weighted by Gasteiger charge is 2.26. The third kappa shape index (κ3) is 5.50. The van der Waals surface area contributed by atoms with Gasteiger partial charge in [0.15, 0.2) is 0 Å². The molecule has 5 nitrogen and oxygen atoms in total. The van der Waals surface area contributed by atoms with E-state index in [2.05, 4.69) is 75.9 Å². The molecule has 1 aliphatic rings. The predicted octanol–water partition coefficient (Wildman–Crippen LogP) is 4.08. The number of rotatable bonds is 8. The number of carbonyl (C=O) groups excluding carboxylic acids is 1. The summed E-state index contributed by atoms with van der Waals surface area (Å²) in [6.45, 7) is 2.75. The Bertz CT molecular complexity index is 920. The van der Waals surface area contributed by atoms with Crippen LogP contribution < -0.4 is 11.1 Å². The van der Waals surface area contributed by atoms with E-state index in [0.717, 1.165) is 25.9 Å². The number of carbonyl (C=O) groups is 1. The number of aromatic nitrogens is 1. The van der Waals surface area contributed by atoms with Gasteiger partial charge in [-0.15, -0.1) is 0 Å². The lowest BCUT2D eigenvalue weighted by molar-refractivity contribution is 0.0940. The number of nitrogens with two attached hydrogens (primary N) is 1. The first kappa shape index (κ1) is 21.1. The molecule has 1 fully saturated rings. The molecule has 1 aromatic heterocycles. The Kier molecular flexibility index (Phi) is 6.95. The lowest BCUT2D eigenvalue weighted by Gasteiger charge is -2.27. The average molecular weight is 415 g/mol. The fraction of sp³-hybridized carbons (Fsp3) is 0.308. The SMILES string of the molecule is Nc1ccc(C(=O)NCC2CCCN2CCC(c2ccccc2)c2ccccc2)cn1. The van der Waals surface area contributed by atoms with E-state index in [-0.39, 0.29) is 5.91 Å². The van der Waals surface area contributed by atoms with Crippen molar-refractivity contribution in [1.29, 1.82) is 0 Å². The first-order chi connectivity index (χ1) is 15.2. The first-order valence-electron chi connectivity index (χ1n) is 11.0. The molecule has 0 radical (unpaired) electrons. The van der Waals surface area contributed by atoms with Gasteiger partial charge in [-0.1, -0.05) is 60.7 Å². The second kappa shape index (κ2) is 10.2. The van der Waals surface area contributed by atoms with E-state index in [1.807, 2.05) is 0 Å². The minimum absolute atomic E-state index is 0.0919. The summed E-state index contributed by atoms with van der Waals surface area (Å²) in [7, 11) is 0. The van der Waals surface area contributed by atoms with Crippen molar-refractivity contribution in [2.75, 3.05) is 25.4 Å². The number of anilines is 1. The van der Waals surface area contributed by atoms with Gasteiger partial charge in [0.2, 0.25) is 0 Å². The summed E-state index contributed by atoms with van der Waals surface area (Å²) < 4.78 is 0. The number of hydrogen-bond donors (Lipinski definition) is 2. The molecular formula is C26H30N4O. The number of amides is 1. The van der Waals surface area contributed by atoms with Gasteiger partial charge < -0.3 is 11.1 Å². The second-order valence-electron chi connectivity index (χ2n) is 8.18. The molecule has 3 N–H and O–H groups in total. The summed E-state index contributed by atoms with van der Waals surface area (Å²) in [6.07, 6.45) is 4.87. The summed E-state index contributed by atoms with van der Waals surface area (Å²) in [5, 5.41) is 3.08. The summed E-state index contributed by atoms with van der Waals surface area (Å²) >= 11 is 0. The molecule has 2 heterocycles. The Balaban J connectivity index is 1.37. The molecule has 1 amide bonds. The highest BCUT2D eigenvalue weighted by molar-refractivity contribution is 5.94. The van der Waals surface area contributed by atoms with Crippen LogP contribution in [0.3, 0.4) is 0 Å². The van der Waals surface area contributed by atoms with E-state index in [1.165, 1.54) is 23.7 Å². The van der Waals surface area contributed by atoms with E-state index in [9.17, 15) is 4.79 Å². The van der Waals surface area contributed by atoms with Gasteiger partial charge in [0.1, 0.15) is 5.82 Å². The molecule has 1 unspecified atom stereocenters. The van der Waals surface area contributed by atoms with Crippen LogP contribution in [0.25, 0.3) is 0 Å². The normalized spacial score (nSPS) is 16.5. The van der Waals surface area contributed by atoms with Crippen LogP contribution in [0.5, 0.6) is 0 Å². The smallest absolute Gasteiger partial charge is 0.252 e. The van der Waals surface area contributed by atoms with E-state index >= 15 is 0 Å². The van der Waals surface area contributed by atoms with Gasteiger partial charge in [0, 0.05) is 24.7 Å². The van der Waals surface area contributed by atoms with Gasteiger partial charge in [-0.3, -0.25) is 9.69 Å². The Morgan fingerprint density at radius 1 is 1.03 bits per heavy atom. The zero-order chi connectivity index (χ0) is 21.5. The molecule has 160 valence electrons. The molecule has 1 aliphatic heterocycles. The average Bonchev–Trinajstić information content (AvgIpc) is 3.27. The lowest BCUT2D eigenvalue weighted by atomic mass is 9.88. The molecule has 0 saturated carbocycles. The topological polar surface area (TPSA) is 71.2 Å². The quantitative estimate of drug-likeness (QED) is 0.583. The van der Waals surface area contributed by atoms with Crippen LogP contribution in [0.2, 0.25) is 0 Å². The maximum Gasteiger partial charge on any atom is 0.252 e. The minimum Gasteiger partial charge on any atom is -0.384 e. The van der Waals surface area contributed by atoms with Crippen molar-refractivity contribution in [3.63, 3.8) is 0 Å². The number of pyridine rings is 1. The Labute approximate surface area is 184 Å². The van der Waals surface area contributed by atoms with E-state index in [4.69, 9.17) is 5.73 Å². The molecule has 0 bridgehead atoms. The van der Waals surface area contributed by atoms with Gasteiger partial charge in [0.05, 0.1) is 5.56 Å². The number of likely N-dealkylation sites (tertiary alicyclic amines) is 1. The van der Waals surface area contributed by atoms with Crippen molar-refractivity contribution in [2.24, 2.45) is 0 Å². The number of nitrogen functional groups attached to an aromatic ring is 1. The van der Waals surface area contributed by atoms with Gasteiger partial charge in [-0.2, -0.15) is 0 Å². The maximum atomic E-state index is 12.4. The van der Waals surface area contributed by atoms with Crippen LogP contribution >= 0.6 is 0 Å². The molecule has 1 atom stereocenters. The number of nitrogens with one attached hydrogen (secondary N) is 1. The number of benzene rings is 2. The Hall–Kier alpha value is -3.18. The Morgan fingerprint density at radius 2 is 1.71 bits per heavy atom. The fourth-order valence-electron chi connectivity index (χ4n) is 4.46. The highest BCUT2D eigenvalue weighted by Crippen LogP contribution is 2.29. The molecular weight excluding hydrogens is 384 g/mol. The summed E-state index contributed by atoms with van der Waals surface area (Å²) in [4.78, 5) is 19.0. The molecule has 3 aromatic rings. The van der Waals surface area contributed by atoms with Gasteiger partial charge in [0.25, 0.3) is 5.91 Å². The van der Waals surface area contributed by atoms with Crippen LogP contribution in [0.15, 0.2) is 79.0 Å². The number of hydrogen-bond acceptors (Lipinski definition) is 4. The van der Waals surface area contributed by atoms with Crippen LogP contribution in [-0.4, -0.2) is 41.5 Å². The van der Waals surface area contributed by atoms with Crippen molar-refractivity contribution in [3.8, 4) is 0 Å². The van der Waals surface area contributed by atoms with Crippen molar-refractivity contribution in [2.45, 2.75) is 31.2 Å². The van der Waals surface area contributed by atoms with E-state index < -0.39 is 0 Å². The van der Waals surface area contributed by atoms with Gasteiger partial charge >= 0.3 is 0 Å². The molecule has 5 heteroatoms. The van der Waals surface area contributed by atoms with Crippen LogP contribution in [0, 0.1) is 0 Å². The summed E-state index contributed by atoms with van der Waals surface area (Å²) in [5.41, 5.74) is 8.87. The molecule has 4 rings (SSSR count). The predicted molar refractivity (Wildman–Crippen MR) is 125 cm³/mol. The molecule has 0 spiro atoms. The maximum absolute atomic E-state index is 12.4. The third-order valence-electron chi connectivity index (χ3n) is 6.15. The van der Waals surface area contributed by atoms with Crippen molar-refractivity contribution < 1.29 is 4.79 Å². The van der Waals surface area contributed by atoms with Crippen molar-refractivity contribution in [1.82, 2.24) is 15.2 Å². The monoisotopic (exact) mass is 414 g/mol. The zero-order valence-corrected chi connectivity index (χ0v) is 17.8. The lowest BCUT2D eigenvalue weighted by Crippen LogP contribution is -2.40. The van der Waals surface area contributed by atoms with Gasteiger partial charge in [-0.25, -0.2) is 4.98 Å². The minimum atomic E-state index is -0.0919. The largest absolute Gasteiger partial charge is 0.384 e. The van der Waals surface area contributed by atoms with Crippen LogP contribution in [-0.2, 0) is 0 Å². The van der Waals surface area contributed by atoms with Gasteiger partial charge in [-0.05, 0) is 55.6 Å². The fourth-order valence-corrected chi connectivity index (χ4v) is 4.46. The Morgan fingerprint density at radius 3 is 2.32 bits per heavy atom. The molecule has 2 aromatic carbocycles.